The summed E-state index contributed by atoms with van der Waals surface area (Å²) in [4.78, 5) is 0. The van der Waals surface area contributed by atoms with Gasteiger partial charge in [-0.3, -0.25) is 0 Å². The number of hydrogen-bond acceptors (Lipinski definition) is 4. The fourth-order valence-electron chi connectivity index (χ4n) is 12.8. The van der Waals surface area contributed by atoms with Gasteiger partial charge < -0.3 is 21.3 Å². The third-order valence-corrected chi connectivity index (χ3v) is 15.7. The molecule has 8 rings (SSSR count). The van der Waals surface area contributed by atoms with Crippen LogP contribution in [0.3, 0.4) is 0 Å². The molecule has 5 aliphatic rings. The standard InChI is InChI=1S/C44H61NO.C6H7NO/c1-30(2)10-8-11-31(3)39-22-23-40-38-21-16-34-29-44(32-12-6-7-13-32,27-26-42(34,4)41(38)24-25-43(39,40)5)33-14-9-15-37(28-33)46-36-19-17-35(45)18-20-36;7-5-1-3-6(8)4-2-5/h6,9,12-15,17-20,28,30-31,34,38-41H,7-8,10-11,16,21-27,29,45H2,1-5H3;1-4,8H,7H2. The van der Waals surface area contributed by atoms with E-state index < -0.39 is 0 Å². The molecule has 3 aromatic rings. The van der Waals surface area contributed by atoms with Crippen LogP contribution in [0.25, 0.3) is 0 Å². The highest BCUT2D eigenvalue weighted by atomic mass is 16.5. The van der Waals surface area contributed by atoms with E-state index in [0.717, 1.165) is 65.0 Å². The molecule has 0 heterocycles. The van der Waals surface area contributed by atoms with Gasteiger partial charge in [0.2, 0.25) is 0 Å². The van der Waals surface area contributed by atoms with Crippen molar-refractivity contribution in [1.82, 2.24) is 0 Å². The van der Waals surface area contributed by atoms with Gasteiger partial charge in [-0.2, -0.15) is 0 Å². The molecule has 4 nitrogen and oxygen atoms in total. The number of nitrogen functional groups attached to an aromatic ring is 2. The van der Waals surface area contributed by atoms with Crippen molar-refractivity contribution in [3.63, 3.8) is 0 Å². The normalized spacial score (nSPS) is 33.1. The molecular formula is C50H68N2O2. The van der Waals surface area contributed by atoms with Crippen molar-refractivity contribution in [3.8, 4) is 17.2 Å². The quantitative estimate of drug-likeness (QED) is 0.151. The van der Waals surface area contributed by atoms with Crippen molar-refractivity contribution in [2.75, 3.05) is 11.5 Å². The lowest BCUT2D eigenvalue weighted by Crippen LogP contribution is -2.55. The molecular weight excluding hydrogens is 661 g/mol. The molecule has 0 amide bonds. The van der Waals surface area contributed by atoms with Crippen LogP contribution in [-0.2, 0) is 5.41 Å². The van der Waals surface area contributed by atoms with Crippen LogP contribution in [0.5, 0.6) is 17.2 Å². The third kappa shape index (κ3) is 7.61. The molecule has 4 heteroatoms. The lowest BCUT2D eigenvalue weighted by molar-refractivity contribution is -0.122. The Morgan fingerprint density at radius 3 is 2.17 bits per heavy atom. The molecule has 0 radical (unpaired) electrons. The molecule has 3 aromatic carbocycles. The zero-order valence-electron chi connectivity index (χ0n) is 33.9. The van der Waals surface area contributed by atoms with Gasteiger partial charge in [0.15, 0.2) is 0 Å². The number of hydrogen-bond donors (Lipinski definition) is 3. The Morgan fingerprint density at radius 2 is 1.48 bits per heavy atom. The summed E-state index contributed by atoms with van der Waals surface area (Å²) in [6.07, 6.45) is 25.4. The maximum Gasteiger partial charge on any atom is 0.127 e. The van der Waals surface area contributed by atoms with Gasteiger partial charge in [0, 0.05) is 16.8 Å². The maximum absolute atomic E-state index is 8.70. The van der Waals surface area contributed by atoms with Crippen LogP contribution in [-0.4, -0.2) is 5.11 Å². The SMILES string of the molecule is CC(C)CCCC(C)C1CCC2C3CCC4CC(C5=CCC=C5)(c5cccc(Oc6ccc(N)cc6)c5)CCC4(C)C3CCC12C.Nc1ccc(O)cc1. The Labute approximate surface area is 326 Å². The Balaban J connectivity index is 0.000000501. The van der Waals surface area contributed by atoms with E-state index in [1.54, 1.807) is 29.8 Å². The molecule has 4 fully saturated rings. The Hall–Kier alpha value is -3.66. The zero-order valence-corrected chi connectivity index (χ0v) is 33.9. The molecule has 0 saturated heterocycles. The first-order chi connectivity index (χ1) is 25.9. The summed E-state index contributed by atoms with van der Waals surface area (Å²) in [5, 5.41) is 8.70. The van der Waals surface area contributed by atoms with Gasteiger partial charge in [-0.15, -0.1) is 0 Å². The smallest absolute Gasteiger partial charge is 0.127 e. The largest absolute Gasteiger partial charge is 0.508 e. The Morgan fingerprint density at radius 1 is 0.759 bits per heavy atom. The topological polar surface area (TPSA) is 81.5 Å². The number of phenolic OH excluding ortho intramolecular Hbond substituents is 1. The average molecular weight is 729 g/mol. The summed E-state index contributed by atoms with van der Waals surface area (Å²) in [6.45, 7) is 12.9. The van der Waals surface area contributed by atoms with Crippen LogP contribution in [0, 0.1) is 52.3 Å². The summed E-state index contributed by atoms with van der Waals surface area (Å²) >= 11 is 0. The number of allylic oxidation sites excluding steroid dienone is 4. The van der Waals surface area contributed by atoms with Crippen LogP contribution in [0.15, 0.2) is 96.6 Å². The minimum absolute atomic E-state index is 0.0809. The van der Waals surface area contributed by atoms with Gasteiger partial charge >= 0.3 is 0 Å². The highest BCUT2D eigenvalue weighted by Crippen LogP contribution is 2.70. The van der Waals surface area contributed by atoms with E-state index in [4.69, 9.17) is 21.3 Å². The van der Waals surface area contributed by atoms with E-state index in [1.165, 1.54) is 82.6 Å². The molecule has 9 atom stereocenters. The van der Waals surface area contributed by atoms with E-state index >= 15 is 0 Å². The van der Waals surface area contributed by atoms with E-state index in [-0.39, 0.29) is 11.2 Å². The molecule has 0 spiro atoms. The average Bonchev–Trinajstić information content (AvgIpc) is 3.83. The van der Waals surface area contributed by atoms with Crippen molar-refractivity contribution in [2.45, 2.75) is 124 Å². The van der Waals surface area contributed by atoms with Crippen molar-refractivity contribution >= 4 is 11.4 Å². The number of ether oxygens (including phenoxy) is 1. The fraction of sp³-hybridized carbons (Fsp3) is 0.560. The van der Waals surface area contributed by atoms with E-state index in [1.807, 2.05) is 24.3 Å². The molecule has 4 saturated carbocycles. The first kappa shape index (κ1) is 38.6. The second-order valence-corrected chi connectivity index (χ2v) is 19.1. The van der Waals surface area contributed by atoms with Gasteiger partial charge in [-0.25, -0.2) is 0 Å². The fourth-order valence-corrected chi connectivity index (χ4v) is 12.8. The zero-order chi connectivity index (χ0) is 38.1. The van der Waals surface area contributed by atoms with Gasteiger partial charge in [0.05, 0.1) is 0 Å². The van der Waals surface area contributed by atoms with Gasteiger partial charge in [-0.1, -0.05) is 84.2 Å². The van der Waals surface area contributed by atoms with Crippen LogP contribution in [0.4, 0.5) is 11.4 Å². The summed E-state index contributed by atoms with van der Waals surface area (Å²) in [5.74, 6) is 8.30. The summed E-state index contributed by atoms with van der Waals surface area (Å²) < 4.78 is 6.38. The minimum Gasteiger partial charge on any atom is -0.508 e. The summed E-state index contributed by atoms with van der Waals surface area (Å²) in [6, 6.07) is 23.3. The molecule has 5 N–H and O–H groups in total. The molecule has 290 valence electrons. The summed E-state index contributed by atoms with van der Waals surface area (Å²) in [7, 11) is 0. The monoisotopic (exact) mass is 729 g/mol. The Kier molecular flexibility index (Phi) is 11.3. The van der Waals surface area contributed by atoms with Crippen LogP contribution < -0.4 is 16.2 Å². The third-order valence-electron chi connectivity index (χ3n) is 15.7. The maximum atomic E-state index is 8.70. The molecule has 5 aliphatic carbocycles. The molecule has 0 aliphatic heterocycles. The number of phenols is 1. The van der Waals surface area contributed by atoms with Gasteiger partial charge in [0.1, 0.15) is 17.2 Å². The number of aromatic hydroxyl groups is 1. The molecule has 54 heavy (non-hydrogen) atoms. The first-order valence-corrected chi connectivity index (χ1v) is 21.5. The second-order valence-electron chi connectivity index (χ2n) is 19.1. The van der Waals surface area contributed by atoms with Gasteiger partial charge in [0.25, 0.3) is 0 Å². The molecule has 0 bridgehead atoms. The predicted molar refractivity (Wildman–Crippen MR) is 226 cm³/mol. The highest BCUT2D eigenvalue weighted by molar-refractivity contribution is 5.49. The second kappa shape index (κ2) is 15.8. The van der Waals surface area contributed by atoms with E-state index in [0.29, 0.717) is 16.5 Å². The Bertz CT molecular complexity index is 1760. The van der Waals surface area contributed by atoms with Crippen molar-refractivity contribution < 1.29 is 9.84 Å². The number of anilines is 2. The van der Waals surface area contributed by atoms with E-state index in [2.05, 4.69) is 77.1 Å². The number of fused-ring (bicyclic) bond motifs is 5. The minimum atomic E-state index is 0.0809. The molecule has 0 aromatic heterocycles. The lowest BCUT2D eigenvalue weighted by atomic mass is 9.42. The van der Waals surface area contributed by atoms with Crippen LogP contribution in [0.2, 0.25) is 0 Å². The first-order valence-electron chi connectivity index (χ1n) is 21.5. The highest BCUT2D eigenvalue weighted by Gasteiger charge is 2.62. The van der Waals surface area contributed by atoms with E-state index in [9.17, 15) is 0 Å². The van der Waals surface area contributed by atoms with Crippen molar-refractivity contribution in [3.05, 3.63) is 102 Å². The van der Waals surface area contributed by atoms with Crippen LogP contribution in [0.1, 0.15) is 124 Å². The number of nitrogens with two attached hydrogens (primary N) is 2. The molecule has 9 unspecified atom stereocenters. The number of rotatable bonds is 9. The van der Waals surface area contributed by atoms with Crippen LogP contribution >= 0.6 is 0 Å². The van der Waals surface area contributed by atoms with Crippen molar-refractivity contribution in [1.29, 1.82) is 0 Å². The summed E-state index contributed by atoms with van der Waals surface area (Å²) in [5.41, 5.74) is 16.8. The predicted octanol–water partition coefficient (Wildman–Crippen LogP) is 13.3. The van der Waals surface area contributed by atoms with Gasteiger partial charge in [-0.05, 0) is 188 Å². The van der Waals surface area contributed by atoms with Crippen molar-refractivity contribution in [2.24, 2.45) is 52.3 Å². The lowest BCUT2D eigenvalue weighted by Gasteiger charge is -2.63. The number of benzene rings is 3.